The van der Waals surface area contributed by atoms with Crippen LogP contribution in [-0.4, -0.2) is 20.2 Å². The third-order valence-electron chi connectivity index (χ3n) is 2.37. The Labute approximate surface area is 112 Å². The summed E-state index contributed by atoms with van der Waals surface area (Å²) in [5.41, 5.74) is 1.30. The van der Waals surface area contributed by atoms with Crippen LogP contribution in [0.2, 0.25) is 0 Å². The van der Waals surface area contributed by atoms with E-state index in [1.807, 2.05) is 12.1 Å². The lowest BCUT2D eigenvalue weighted by atomic mass is 10.3. The van der Waals surface area contributed by atoms with Gasteiger partial charge < -0.3 is 4.42 Å². The molecule has 3 rings (SSSR count). The molecule has 3 aromatic heterocycles. The van der Waals surface area contributed by atoms with Crippen molar-refractivity contribution in [1.82, 2.24) is 14.3 Å². The Morgan fingerprint density at radius 1 is 1.26 bits per heavy atom. The number of amides is 1. The van der Waals surface area contributed by atoms with Crippen molar-refractivity contribution < 1.29 is 9.21 Å². The van der Waals surface area contributed by atoms with Gasteiger partial charge in [0.05, 0.1) is 11.8 Å². The molecule has 0 unspecified atom stereocenters. The van der Waals surface area contributed by atoms with Crippen LogP contribution in [0.3, 0.4) is 0 Å². The molecular formula is C12H8N4O2S. The Morgan fingerprint density at radius 2 is 2.11 bits per heavy atom. The normalized spacial score (nSPS) is 10.3. The van der Waals surface area contributed by atoms with Crippen molar-refractivity contribution in [3.05, 3.63) is 48.7 Å². The summed E-state index contributed by atoms with van der Waals surface area (Å²) in [7, 11) is 0. The van der Waals surface area contributed by atoms with Gasteiger partial charge in [0.15, 0.2) is 5.82 Å². The van der Waals surface area contributed by atoms with Crippen LogP contribution in [0.15, 0.2) is 47.5 Å². The first kappa shape index (κ1) is 11.5. The van der Waals surface area contributed by atoms with Crippen LogP contribution in [0, 0.1) is 0 Å². The predicted octanol–water partition coefficient (Wildman–Crippen LogP) is 2.45. The standard InChI is InChI=1S/C12H8N4O2S/c17-11(9-3-6-18-7-9)15-12-14-10(16-19-12)8-1-4-13-5-2-8/h1-7H,(H,14,15,16,17). The number of nitrogens with one attached hydrogen (secondary N) is 1. The number of anilines is 1. The molecule has 0 aromatic carbocycles. The maximum Gasteiger partial charge on any atom is 0.260 e. The van der Waals surface area contributed by atoms with Gasteiger partial charge in [0, 0.05) is 29.5 Å². The number of pyridine rings is 1. The predicted molar refractivity (Wildman–Crippen MR) is 69.8 cm³/mol. The first-order valence-electron chi connectivity index (χ1n) is 5.40. The van der Waals surface area contributed by atoms with Gasteiger partial charge in [-0.15, -0.1) is 0 Å². The van der Waals surface area contributed by atoms with Crippen molar-refractivity contribution in [3.8, 4) is 11.4 Å². The Morgan fingerprint density at radius 3 is 2.84 bits per heavy atom. The fourth-order valence-electron chi connectivity index (χ4n) is 1.46. The largest absolute Gasteiger partial charge is 0.472 e. The number of nitrogens with zero attached hydrogens (tertiary/aromatic N) is 3. The fraction of sp³-hybridized carbons (Fsp3) is 0. The SMILES string of the molecule is O=C(Nc1nc(-c2ccncc2)ns1)c1ccoc1. The third kappa shape index (κ3) is 2.50. The Hall–Kier alpha value is -2.54. The minimum absolute atomic E-state index is 0.272. The van der Waals surface area contributed by atoms with Gasteiger partial charge in [0.25, 0.3) is 5.91 Å². The first-order chi connectivity index (χ1) is 9.33. The Balaban J connectivity index is 1.77. The van der Waals surface area contributed by atoms with Crippen molar-refractivity contribution in [2.24, 2.45) is 0 Å². The summed E-state index contributed by atoms with van der Waals surface area (Å²) in [4.78, 5) is 20.0. The molecule has 0 aliphatic rings. The summed E-state index contributed by atoms with van der Waals surface area (Å²) >= 11 is 1.13. The van der Waals surface area contributed by atoms with Crippen LogP contribution in [0.25, 0.3) is 11.4 Å². The monoisotopic (exact) mass is 272 g/mol. The van der Waals surface area contributed by atoms with E-state index >= 15 is 0 Å². The van der Waals surface area contributed by atoms with Gasteiger partial charge in [-0.25, -0.2) is 0 Å². The van der Waals surface area contributed by atoms with Crippen molar-refractivity contribution in [2.75, 3.05) is 5.32 Å². The third-order valence-corrected chi connectivity index (χ3v) is 3.00. The molecule has 94 valence electrons. The van der Waals surface area contributed by atoms with Crippen LogP contribution in [0.1, 0.15) is 10.4 Å². The molecule has 1 amide bonds. The van der Waals surface area contributed by atoms with Crippen LogP contribution in [0.5, 0.6) is 0 Å². The molecule has 0 aliphatic heterocycles. The van der Waals surface area contributed by atoms with E-state index in [9.17, 15) is 4.79 Å². The molecule has 0 bridgehead atoms. The summed E-state index contributed by atoms with van der Waals surface area (Å²) in [6.07, 6.45) is 6.15. The number of furan rings is 1. The van der Waals surface area contributed by atoms with E-state index in [0.29, 0.717) is 16.5 Å². The number of hydrogen-bond donors (Lipinski definition) is 1. The van der Waals surface area contributed by atoms with Gasteiger partial charge in [-0.3, -0.25) is 15.1 Å². The number of hydrogen-bond acceptors (Lipinski definition) is 6. The van der Waals surface area contributed by atoms with E-state index in [4.69, 9.17) is 4.42 Å². The number of aromatic nitrogens is 3. The zero-order chi connectivity index (χ0) is 13.1. The molecule has 3 heterocycles. The van der Waals surface area contributed by atoms with Gasteiger partial charge in [0.1, 0.15) is 6.26 Å². The van der Waals surface area contributed by atoms with E-state index in [1.165, 1.54) is 12.5 Å². The molecule has 0 fully saturated rings. The molecular weight excluding hydrogens is 264 g/mol. The van der Waals surface area contributed by atoms with Crippen molar-refractivity contribution in [3.63, 3.8) is 0 Å². The molecule has 7 heteroatoms. The Kier molecular flexibility index (Phi) is 3.03. The second kappa shape index (κ2) is 4.99. The summed E-state index contributed by atoms with van der Waals surface area (Å²) in [6.45, 7) is 0. The zero-order valence-electron chi connectivity index (χ0n) is 9.61. The number of carbonyl (C=O) groups is 1. The highest BCUT2D eigenvalue weighted by Gasteiger charge is 2.11. The van der Waals surface area contributed by atoms with E-state index in [-0.39, 0.29) is 5.91 Å². The van der Waals surface area contributed by atoms with Crippen LogP contribution >= 0.6 is 11.5 Å². The number of rotatable bonds is 3. The highest BCUT2D eigenvalue weighted by molar-refractivity contribution is 7.10. The molecule has 0 saturated heterocycles. The Bertz CT molecular complexity index is 679. The van der Waals surface area contributed by atoms with E-state index in [1.54, 1.807) is 18.5 Å². The topological polar surface area (TPSA) is 80.9 Å². The van der Waals surface area contributed by atoms with E-state index in [0.717, 1.165) is 17.1 Å². The number of carbonyl (C=O) groups excluding carboxylic acids is 1. The van der Waals surface area contributed by atoms with Gasteiger partial charge in [-0.2, -0.15) is 9.36 Å². The molecule has 0 saturated carbocycles. The zero-order valence-corrected chi connectivity index (χ0v) is 10.4. The smallest absolute Gasteiger partial charge is 0.260 e. The molecule has 19 heavy (non-hydrogen) atoms. The molecule has 0 radical (unpaired) electrons. The average Bonchev–Trinajstić information content (AvgIpc) is 3.11. The average molecular weight is 272 g/mol. The summed E-state index contributed by atoms with van der Waals surface area (Å²) in [5, 5.41) is 3.11. The molecule has 0 aliphatic carbocycles. The van der Waals surface area contributed by atoms with Gasteiger partial charge >= 0.3 is 0 Å². The molecule has 0 atom stereocenters. The summed E-state index contributed by atoms with van der Waals surface area (Å²) < 4.78 is 9.03. The van der Waals surface area contributed by atoms with Crippen molar-refractivity contribution in [1.29, 1.82) is 0 Å². The van der Waals surface area contributed by atoms with Gasteiger partial charge in [-0.05, 0) is 18.2 Å². The molecule has 0 spiro atoms. The lowest BCUT2D eigenvalue weighted by molar-refractivity contribution is 0.102. The lowest BCUT2D eigenvalue weighted by Gasteiger charge is -1.96. The fourth-order valence-corrected chi connectivity index (χ4v) is 2.04. The van der Waals surface area contributed by atoms with Crippen molar-refractivity contribution >= 4 is 22.6 Å². The second-order valence-electron chi connectivity index (χ2n) is 3.63. The molecule has 6 nitrogen and oxygen atoms in total. The lowest BCUT2D eigenvalue weighted by Crippen LogP contribution is -2.10. The second-order valence-corrected chi connectivity index (χ2v) is 4.38. The molecule has 3 aromatic rings. The maximum atomic E-state index is 11.8. The van der Waals surface area contributed by atoms with E-state index in [2.05, 4.69) is 19.7 Å². The van der Waals surface area contributed by atoms with Crippen molar-refractivity contribution in [2.45, 2.75) is 0 Å². The van der Waals surface area contributed by atoms with Crippen LogP contribution in [-0.2, 0) is 0 Å². The van der Waals surface area contributed by atoms with Gasteiger partial charge in [-0.1, -0.05) is 0 Å². The van der Waals surface area contributed by atoms with Crippen LogP contribution < -0.4 is 5.32 Å². The first-order valence-corrected chi connectivity index (χ1v) is 6.18. The highest BCUT2D eigenvalue weighted by Crippen LogP contribution is 2.20. The minimum atomic E-state index is -0.272. The van der Waals surface area contributed by atoms with Crippen LogP contribution in [0.4, 0.5) is 5.13 Å². The van der Waals surface area contributed by atoms with E-state index < -0.39 is 0 Å². The summed E-state index contributed by atoms with van der Waals surface area (Å²) in [6, 6.07) is 5.20. The maximum absolute atomic E-state index is 11.8. The molecule has 1 N–H and O–H groups in total. The minimum Gasteiger partial charge on any atom is -0.472 e. The quantitative estimate of drug-likeness (QED) is 0.792. The summed E-state index contributed by atoms with van der Waals surface area (Å²) in [5.74, 6) is 0.293. The highest BCUT2D eigenvalue weighted by atomic mass is 32.1. The van der Waals surface area contributed by atoms with Gasteiger partial charge in [0.2, 0.25) is 5.13 Å².